The number of aromatic hydroxyl groups is 2. The van der Waals surface area contributed by atoms with E-state index in [1.54, 1.807) is 24.3 Å². The number of phenolic OH excluding ortho intramolecular Hbond substituents is 2. The Hall–Kier alpha value is -3.02. The zero-order valence-electron chi connectivity index (χ0n) is 17.9. The summed E-state index contributed by atoms with van der Waals surface area (Å²) in [5.74, 6) is -0.319. The standard InChI is InChI=1S/C23H30N2O4/c1-22(2,3)16-11-17(23(4,5)6)21(28)18(12-16)25-20(27)14-29-24-13-15-9-7-8-10-19(15)26/h7-13,26,28H,14H2,1-6H3,(H,25,27)/b24-13+. The number of amides is 1. The Balaban J connectivity index is 2.14. The minimum Gasteiger partial charge on any atom is -0.507 e. The normalized spacial score (nSPS) is 12.2. The molecule has 0 radical (unpaired) electrons. The minimum absolute atomic E-state index is 0.0524. The van der Waals surface area contributed by atoms with Gasteiger partial charge in [0.15, 0.2) is 6.61 Å². The van der Waals surface area contributed by atoms with E-state index in [-0.39, 0.29) is 28.9 Å². The molecule has 6 nitrogen and oxygen atoms in total. The second-order valence-electron chi connectivity index (χ2n) is 9.03. The lowest BCUT2D eigenvalue weighted by molar-refractivity contribution is -0.120. The van der Waals surface area contributed by atoms with Crippen molar-refractivity contribution in [1.82, 2.24) is 0 Å². The van der Waals surface area contributed by atoms with Gasteiger partial charge in [-0.2, -0.15) is 0 Å². The molecule has 0 aromatic heterocycles. The highest BCUT2D eigenvalue weighted by Crippen LogP contribution is 2.40. The molecule has 0 spiro atoms. The van der Waals surface area contributed by atoms with Crippen molar-refractivity contribution >= 4 is 17.8 Å². The summed E-state index contributed by atoms with van der Waals surface area (Å²) >= 11 is 0. The average Bonchev–Trinajstić information content (AvgIpc) is 2.60. The highest BCUT2D eigenvalue weighted by molar-refractivity contribution is 5.93. The van der Waals surface area contributed by atoms with Crippen LogP contribution in [0.4, 0.5) is 5.69 Å². The molecule has 2 rings (SSSR count). The summed E-state index contributed by atoms with van der Waals surface area (Å²) in [4.78, 5) is 17.3. The van der Waals surface area contributed by atoms with E-state index < -0.39 is 5.91 Å². The molecule has 0 fully saturated rings. The molecule has 0 saturated heterocycles. The highest BCUT2D eigenvalue weighted by atomic mass is 16.6. The summed E-state index contributed by atoms with van der Waals surface area (Å²) in [6, 6.07) is 10.4. The first-order chi connectivity index (χ1) is 13.4. The van der Waals surface area contributed by atoms with Crippen LogP contribution in [0, 0.1) is 0 Å². The van der Waals surface area contributed by atoms with Gasteiger partial charge in [0.1, 0.15) is 11.5 Å². The second-order valence-corrected chi connectivity index (χ2v) is 9.03. The number of nitrogens with zero attached hydrogens (tertiary/aromatic N) is 1. The van der Waals surface area contributed by atoms with Crippen molar-refractivity contribution in [3.63, 3.8) is 0 Å². The van der Waals surface area contributed by atoms with Crippen molar-refractivity contribution in [2.75, 3.05) is 11.9 Å². The Labute approximate surface area is 172 Å². The van der Waals surface area contributed by atoms with Gasteiger partial charge < -0.3 is 20.4 Å². The van der Waals surface area contributed by atoms with E-state index in [4.69, 9.17) is 4.84 Å². The summed E-state index contributed by atoms with van der Waals surface area (Å²) in [7, 11) is 0. The first kappa shape index (κ1) is 22.3. The summed E-state index contributed by atoms with van der Waals surface area (Å²) in [5.41, 5.74) is 2.17. The van der Waals surface area contributed by atoms with Crippen LogP contribution in [0.2, 0.25) is 0 Å². The lowest BCUT2D eigenvalue weighted by Crippen LogP contribution is -2.21. The fourth-order valence-electron chi connectivity index (χ4n) is 2.71. The maximum atomic E-state index is 12.3. The molecule has 1 amide bonds. The van der Waals surface area contributed by atoms with Crippen LogP contribution in [-0.4, -0.2) is 28.9 Å². The number of oxime groups is 1. The minimum atomic E-state index is -0.444. The molecule has 29 heavy (non-hydrogen) atoms. The monoisotopic (exact) mass is 398 g/mol. The van der Waals surface area contributed by atoms with Gasteiger partial charge in [-0.3, -0.25) is 4.79 Å². The predicted octanol–water partition coefficient (Wildman–Crippen LogP) is 4.68. The van der Waals surface area contributed by atoms with Crippen LogP contribution in [0.25, 0.3) is 0 Å². The van der Waals surface area contributed by atoms with Gasteiger partial charge in [-0.25, -0.2) is 0 Å². The topological polar surface area (TPSA) is 91.2 Å². The molecule has 3 N–H and O–H groups in total. The number of nitrogens with one attached hydrogen (secondary N) is 1. The molecular formula is C23H30N2O4. The van der Waals surface area contributed by atoms with Crippen LogP contribution in [0.15, 0.2) is 41.6 Å². The Morgan fingerprint density at radius 3 is 2.31 bits per heavy atom. The number of hydrogen-bond acceptors (Lipinski definition) is 5. The second kappa shape index (κ2) is 8.55. The van der Waals surface area contributed by atoms with Crippen LogP contribution in [0.5, 0.6) is 11.5 Å². The Morgan fingerprint density at radius 2 is 1.72 bits per heavy atom. The summed E-state index contributed by atoms with van der Waals surface area (Å²) < 4.78 is 0. The number of para-hydroxylation sites is 1. The molecular weight excluding hydrogens is 368 g/mol. The van der Waals surface area contributed by atoms with Crippen molar-refractivity contribution in [3.8, 4) is 11.5 Å². The van der Waals surface area contributed by atoms with Gasteiger partial charge in [-0.1, -0.05) is 64.9 Å². The van der Waals surface area contributed by atoms with Crippen molar-refractivity contribution in [3.05, 3.63) is 53.1 Å². The Morgan fingerprint density at radius 1 is 1.07 bits per heavy atom. The van der Waals surface area contributed by atoms with Crippen LogP contribution in [0.1, 0.15) is 58.2 Å². The van der Waals surface area contributed by atoms with Gasteiger partial charge >= 0.3 is 0 Å². The third-order valence-electron chi connectivity index (χ3n) is 4.46. The molecule has 2 aromatic carbocycles. The Kier molecular flexibility index (Phi) is 6.57. The van der Waals surface area contributed by atoms with Crippen molar-refractivity contribution < 1.29 is 19.8 Å². The molecule has 0 unspecified atom stereocenters. The smallest absolute Gasteiger partial charge is 0.265 e. The van der Waals surface area contributed by atoms with Crippen LogP contribution in [-0.2, 0) is 20.5 Å². The third kappa shape index (κ3) is 5.98. The van der Waals surface area contributed by atoms with E-state index in [0.29, 0.717) is 11.3 Å². The maximum Gasteiger partial charge on any atom is 0.265 e. The van der Waals surface area contributed by atoms with Gasteiger partial charge in [0, 0.05) is 11.1 Å². The third-order valence-corrected chi connectivity index (χ3v) is 4.46. The number of rotatable bonds is 5. The highest BCUT2D eigenvalue weighted by Gasteiger charge is 2.25. The fourth-order valence-corrected chi connectivity index (χ4v) is 2.71. The average molecular weight is 399 g/mol. The fraction of sp³-hybridized carbons (Fsp3) is 0.391. The zero-order valence-corrected chi connectivity index (χ0v) is 17.9. The maximum absolute atomic E-state index is 12.3. The van der Waals surface area contributed by atoms with E-state index in [1.807, 2.05) is 26.8 Å². The summed E-state index contributed by atoms with van der Waals surface area (Å²) in [5, 5.41) is 26.8. The van der Waals surface area contributed by atoms with Gasteiger partial charge in [0.05, 0.1) is 11.9 Å². The predicted molar refractivity (Wildman–Crippen MR) is 116 cm³/mol. The Bertz CT molecular complexity index is 906. The molecule has 0 heterocycles. The zero-order chi connectivity index (χ0) is 21.8. The van der Waals surface area contributed by atoms with Gasteiger partial charge in [-0.15, -0.1) is 0 Å². The van der Waals surface area contributed by atoms with Crippen LogP contribution < -0.4 is 5.32 Å². The number of phenols is 2. The van der Waals surface area contributed by atoms with Crippen LogP contribution >= 0.6 is 0 Å². The molecule has 0 atom stereocenters. The number of anilines is 1. The molecule has 156 valence electrons. The number of hydrogen-bond donors (Lipinski definition) is 3. The van der Waals surface area contributed by atoms with Gasteiger partial charge in [-0.05, 0) is 34.6 Å². The van der Waals surface area contributed by atoms with E-state index in [0.717, 1.165) is 11.1 Å². The molecule has 2 aromatic rings. The SMILES string of the molecule is CC(C)(C)c1cc(NC(=O)CO/N=C/c2ccccc2O)c(O)c(C(C)(C)C)c1. The van der Waals surface area contributed by atoms with Crippen molar-refractivity contribution in [1.29, 1.82) is 0 Å². The van der Waals surface area contributed by atoms with Gasteiger partial charge in [0.25, 0.3) is 5.91 Å². The number of carbonyl (C=O) groups is 1. The van der Waals surface area contributed by atoms with E-state index >= 15 is 0 Å². The van der Waals surface area contributed by atoms with E-state index in [1.165, 1.54) is 12.3 Å². The number of carbonyl (C=O) groups excluding carboxylic acids is 1. The molecule has 0 bridgehead atoms. The lowest BCUT2D eigenvalue weighted by Gasteiger charge is -2.27. The molecule has 0 aliphatic heterocycles. The molecule has 0 aliphatic rings. The summed E-state index contributed by atoms with van der Waals surface area (Å²) in [6.45, 7) is 11.9. The van der Waals surface area contributed by atoms with Crippen LogP contribution in [0.3, 0.4) is 0 Å². The quantitative estimate of drug-likeness (QED) is 0.387. The van der Waals surface area contributed by atoms with E-state index in [2.05, 4.69) is 31.2 Å². The summed E-state index contributed by atoms with van der Waals surface area (Å²) in [6.07, 6.45) is 1.33. The lowest BCUT2D eigenvalue weighted by atomic mass is 9.79. The first-order valence-electron chi connectivity index (χ1n) is 9.51. The molecule has 0 saturated carbocycles. The van der Waals surface area contributed by atoms with E-state index in [9.17, 15) is 15.0 Å². The van der Waals surface area contributed by atoms with Crippen molar-refractivity contribution in [2.45, 2.75) is 52.4 Å². The van der Waals surface area contributed by atoms with Crippen molar-refractivity contribution in [2.24, 2.45) is 5.16 Å². The molecule has 6 heteroatoms. The molecule has 0 aliphatic carbocycles. The van der Waals surface area contributed by atoms with Gasteiger partial charge in [0.2, 0.25) is 0 Å². The largest absolute Gasteiger partial charge is 0.507 e. The first-order valence-corrected chi connectivity index (χ1v) is 9.51. The number of benzene rings is 2.